The van der Waals surface area contributed by atoms with E-state index in [1.54, 1.807) is 22.9 Å². The highest BCUT2D eigenvalue weighted by molar-refractivity contribution is 6.31. The Hall–Kier alpha value is -4.04. The van der Waals surface area contributed by atoms with Gasteiger partial charge in [0.25, 0.3) is 5.56 Å². The molecular weight excluding hydrogens is 452 g/mol. The van der Waals surface area contributed by atoms with Crippen LogP contribution in [0.25, 0.3) is 16.7 Å². The van der Waals surface area contributed by atoms with E-state index < -0.39 is 0 Å². The van der Waals surface area contributed by atoms with E-state index in [2.05, 4.69) is 20.5 Å². The van der Waals surface area contributed by atoms with Crippen LogP contribution in [0.3, 0.4) is 0 Å². The first-order chi connectivity index (χ1) is 16.6. The van der Waals surface area contributed by atoms with Gasteiger partial charge < -0.3 is 5.32 Å². The van der Waals surface area contributed by atoms with Gasteiger partial charge in [0, 0.05) is 24.1 Å². The summed E-state index contributed by atoms with van der Waals surface area (Å²) in [7, 11) is 0. The lowest BCUT2D eigenvalue weighted by Gasteiger charge is -2.12. The Bertz CT molecular complexity index is 1540. The number of rotatable bonds is 7. The quantitative estimate of drug-likeness (QED) is 0.392. The standard InChI is InChI=1S/C25H21ClN6O2/c26-20-10-3-1-7-17(20)16-31-24(34)19-9-2-4-11-21(19)32-22(29-30-25(31)32)12-13-23(33)28-15-18-8-5-6-14-27-18/h1-11,14H,12-13,15-16H2,(H,28,33). The highest BCUT2D eigenvalue weighted by atomic mass is 35.5. The van der Waals surface area contributed by atoms with Crippen LogP contribution in [0.2, 0.25) is 5.02 Å². The number of nitrogens with zero attached hydrogens (tertiary/aromatic N) is 5. The highest BCUT2D eigenvalue weighted by Gasteiger charge is 2.18. The number of hydrogen-bond acceptors (Lipinski definition) is 5. The fraction of sp³-hybridized carbons (Fsp3) is 0.160. The highest BCUT2D eigenvalue weighted by Crippen LogP contribution is 2.19. The zero-order chi connectivity index (χ0) is 23.5. The third-order valence-electron chi connectivity index (χ3n) is 5.63. The van der Waals surface area contributed by atoms with E-state index >= 15 is 0 Å². The molecule has 0 bridgehead atoms. The van der Waals surface area contributed by atoms with Crippen molar-refractivity contribution in [1.29, 1.82) is 0 Å². The number of carbonyl (C=O) groups excluding carboxylic acids is 1. The smallest absolute Gasteiger partial charge is 0.263 e. The molecule has 0 aliphatic carbocycles. The third-order valence-corrected chi connectivity index (χ3v) is 6.00. The van der Waals surface area contributed by atoms with Crippen LogP contribution >= 0.6 is 11.6 Å². The molecule has 0 saturated carbocycles. The van der Waals surface area contributed by atoms with E-state index in [0.29, 0.717) is 40.5 Å². The molecule has 3 aromatic heterocycles. The SMILES string of the molecule is O=C(CCc1nnc2n(Cc3ccccc3Cl)c(=O)c3ccccc3n12)NCc1ccccn1. The fourth-order valence-corrected chi connectivity index (χ4v) is 4.12. The Kier molecular flexibility index (Phi) is 6.05. The van der Waals surface area contributed by atoms with Crippen molar-refractivity contribution >= 4 is 34.2 Å². The van der Waals surface area contributed by atoms with Gasteiger partial charge >= 0.3 is 0 Å². The number of carbonyl (C=O) groups is 1. The summed E-state index contributed by atoms with van der Waals surface area (Å²) in [4.78, 5) is 30.0. The van der Waals surface area contributed by atoms with Gasteiger partial charge in [0.2, 0.25) is 11.7 Å². The summed E-state index contributed by atoms with van der Waals surface area (Å²) in [6, 6.07) is 20.3. The number of benzene rings is 2. The number of halogens is 1. The predicted octanol–water partition coefficient (Wildman–Crippen LogP) is 3.39. The monoisotopic (exact) mass is 472 g/mol. The molecule has 0 aliphatic heterocycles. The molecule has 0 spiro atoms. The van der Waals surface area contributed by atoms with Crippen molar-refractivity contribution < 1.29 is 4.79 Å². The Morgan fingerprint density at radius 2 is 1.76 bits per heavy atom. The zero-order valence-corrected chi connectivity index (χ0v) is 18.9. The molecule has 5 aromatic rings. The maximum absolute atomic E-state index is 13.3. The van der Waals surface area contributed by atoms with Gasteiger partial charge in [-0.25, -0.2) is 0 Å². The van der Waals surface area contributed by atoms with Crippen molar-refractivity contribution in [3.8, 4) is 0 Å². The number of pyridine rings is 1. The first kappa shape index (κ1) is 21.8. The lowest BCUT2D eigenvalue weighted by molar-refractivity contribution is -0.121. The van der Waals surface area contributed by atoms with Gasteiger partial charge in [-0.1, -0.05) is 48.0 Å². The van der Waals surface area contributed by atoms with E-state index in [1.807, 2.05) is 59.0 Å². The number of hydrogen-bond donors (Lipinski definition) is 1. The predicted molar refractivity (Wildman–Crippen MR) is 130 cm³/mol. The molecule has 0 atom stereocenters. The second-order valence-corrected chi connectivity index (χ2v) is 8.26. The van der Waals surface area contributed by atoms with Gasteiger partial charge in [0.15, 0.2) is 0 Å². The molecule has 1 N–H and O–H groups in total. The maximum atomic E-state index is 13.3. The average Bonchev–Trinajstić information content (AvgIpc) is 3.30. The first-order valence-corrected chi connectivity index (χ1v) is 11.2. The van der Waals surface area contributed by atoms with Gasteiger partial charge in [-0.15, -0.1) is 10.2 Å². The van der Waals surface area contributed by atoms with Gasteiger partial charge in [-0.05, 0) is 35.9 Å². The Balaban J connectivity index is 1.47. The van der Waals surface area contributed by atoms with E-state index in [9.17, 15) is 9.59 Å². The summed E-state index contributed by atoms with van der Waals surface area (Å²) in [5, 5.41) is 12.6. The maximum Gasteiger partial charge on any atom is 0.263 e. The molecule has 0 fully saturated rings. The summed E-state index contributed by atoms with van der Waals surface area (Å²) < 4.78 is 3.42. The van der Waals surface area contributed by atoms with Gasteiger partial charge in [0.1, 0.15) is 5.82 Å². The van der Waals surface area contributed by atoms with E-state index in [1.165, 1.54) is 0 Å². The number of aromatic nitrogens is 5. The minimum atomic E-state index is -0.171. The Labute approximate surface area is 199 Å². The number of fused-ring (bicyclic) bond motifs is 3. The van der Waals surface area contributed by atoms with Crippen LogP contribution in [0.15, 0.2) is 77.7 Å². The van der Waals surface area contributed by atoms with Crippen molar-refractivity contribution in [3.05, 3.63) is 105 Å². The normalized spacial score (nSPS) is 11.2. The molecular formula is C25H21ClN6O2. The van der Waals surface area contributed by atoms with Crippen molar-refractivity contribution in [3.63, 3.8) is 0 Å². The summed E-state index contributed by atoms with van der Waals surface area (Å²) in [5.74, 6) is 0.899. The summed E-state index contributed by atoms with van der Waals surface area (Å²) in [6.45, 7) is 0.621. The third kappa shape index (κ3) is 4.27. The van der Waals surface area contributed by atoms with Crippen LogP contribution in [0.1, 0.15) is 23.5 Å². The lowest BCUT2D eigenvalue weighted by atomic mass is 10.2. The van der Waals surface area contributed by atoms with Gasteiger partial charge in [-0.2, -0.15) is 0 Å². The summed E-state index contributed by atoms with van der Waals surface area (Å²) in [5.41, 5.74) is 2.13. The van der Waals surface area contributed by atoms with Crippen molar-refractivity contribution in [2.24, 2.45) is 0 Å². The van der Waals surface area contributed by atoms with Crippen molar-refractivity contribution in [1.82, 2.24) is 29.5 Å². The van der Waals surface area contributed by atoms with Crippen LogP contribution in [-0.2, 0) is 24.3 Å². The fourth-order valence-electron chi connectivity index (χ4n) is 3.92. The van der Waals surface area contributed by atoms with Crippen LogP contribution in [0, 0.1) is 0 Å². The van der Waals surface area contributed by atoms with Crippen LogP contribution in [-0.4, -0.2) is 30.1 Å². The molecule has 34 heavy (non-hydrogen) atoms. The van der Waals surface area contributed by atoms with Crippen molar-refractivity contribution in [2.45, 2.75) is 25.9 Å². The van der Waals surface area contributed by atoms with E-state index in [4.69, 9.17) is 11.6 Å². The molecule has 9 heteroatoms. The van der Waals surface area contributed by atoms with Crippen LogP contribution in [0.4, 0.5) is 0 Å². The molecule has 3 heterocycles. The Morgan fingerprint density at radius 1 is 0.971 bits per heavy atom. The summed E-state index contributed by atoms with van der Waals surface area (Å²) >= 11 is 6.35. The van der Waals surface area contributed by atoms with Gasteiger partial charge in [-0.3, -0.25) is 23.5 Å². The number of nitrogens with one attached hydrogen (secondary N) is 1. The molecule has 0 saturated heterocycles. The zero-order valence-electron chi connectivity index (χ0n) is 18.2. The molecule has 8 nitrogen and oxygen atoms in total. The van der Waals surface area contributed by atoms with Gasteiger partial charge in [0.05, 0.1) is 29.7 Å². The van der Waals surface area contributed by atoms with Crippen molar-refractivity contribution in [2.75, 3.05) is 0 Å². The average molecular weight is 473 g/mol. The molecule has 170 valence electrons. The minimum absolute atomic E-state index is 0.115. The second-order valence-electron chi connectivity index (χ2n) is 7.85. The number of amides is 1. The topological polar surface area (TPSA) is 94.2 Å². The van der Waals surface area contributed by atoms with Crippen LogP contribution in [0.5, 0.6) is 0 Å². The van der Waals surface area contributed by atoms with E-state index in [0.717, 1.165) is 11.3 Å². The second kappa shape index (κ2) is 9.44. The molecule has 5 rings (SSSR count). The van der Waals surface area contributed by atoms with Crippen LogP contribution < -0.4 is 10.9 Å². The first-order valence-electron chi connectivity index (χ1n) is 10.9. The molecule has 0 radical (unpaired) electrons. The molecule has 0 unspecified atom stereocenters. The Morgan fingerprint density at radius 3 is 2.59 bits per heavy atom. The van der Waals surface area contributed by atoms with E-state index in [-0.39, 0.29) is 24.4 Å². The minimum Gasteiger partial charge on any atom is -0.350 e. The largest absolute Gasteiger partial charge is 0.350 e. The molecule has 1 amide bonds. The molecule has 2 aromatic carbocycles. The number of para-hydroxylation sites is 1. The summed E-state index contributed by atoms with van der Waals surface area (Å²) in [6.07, 6.45) is 2.28. The lowest BCUT2D eigenvalue weighted by Crippen LogP contribution is -2.25. The molecule has 0 aliphatic rings. The number of aryl methyl sites for hydroxylation is 1.